The Morgan fingerprint density at radius 3 is 2.86 bits per heavy atom. The van der Waals surface area contributed by atoms with E-state index >= 15 is 0 Å². The topological polar surface area (TPSA) is 17.3 Å². The highest BCUT2D eigenvalue weighted by molar-refractivity contribution is 5.52. The highest BCUT2D eigenvalue weighted by atomic mass is 19.1. The Bertz CT molecular complexity index is 853. The first-order valence-corrected chi connectivity index (χ1v) is 7.47. The molecule has 2 aromatic heterocycles. The lowest BCUT2D eigenvalue weighted by molar-refractivity contribution is 0.464. The molecule has 1 fully saturated rings. The molecule has 3 aromatic rings. The largest absolute Gasteiger partial charge is 0.303 e. The van der Waals surface area contributed by atoms with Crippen molar-refractivity contribution in [3.05, 3.63) is 71.1 Å². The van der Waals surface area contributed by atoms with E-state index in [0.29, 0.717) is 12.8 Å². The zero-order valence-electron chi connectivity index (χ0n) is 12.3. The Balaban J connectivity index is 1.71. The van der Waals surface area contributed by atoms with Gasteiger partial charge in [-0.1, -0.05) is 12.1 Å². The van der Waals surface area contributed by atoms with Crippen LogP contribution in [0.5, 0.6) is 0 Å². The van der Waals surface area contributed by atoms with E-state index in [9.17, 15) is 8.78 Å². The summed E-state index contributed by atoms with van der Waals surface area (Å²) in [6, 6.07) is 8.72. The summed E-state index contributed by atoms with van der Waals surface area (Å²) in [4.78, 5) is 4.37. The van der Waals surface area contributed by atoms with Crippen molar-refractivity contribution in [2.75, 3.05) is 0 Å². The second-order valence-corrected chi connectivity index (χ2v) is 6.06. The van der Waals surface area contributed by atoms with Crippen LogP contribution in [0.4, 0.5) is 8.78 Å². The molecule has 1 saturated carbocycles. The van der Waals surface area contributed by atoms with Gasteiger partial charge in [-0.15, -0.1) is 0 Å². The quantitative estimate of drug-likeness (QED) is 0.708. The SMILES string of the molecule is Cc1cn2c([C@@H]3C[C@@H]3F)ncc2cc1Cc1cccc(F)c1. The average Bonchev–Trinajstić information content (AvgIpc) is 3.06. The molecule has 2 nitrogen and oxygen atoms in total. The first-order chi connectivity index (χ1) is 10.6. The van der Waals surface area contributed by atoms with Gasteiger partial charge in [0.25, 0.3) is 0 Å². The molecule has 4 rings (SSSR count). The molecule has 2 atom stereocenters. The fourth-order valence-corrected chi connectivity index (χ4v) is 2.97. The number of benzene rings is 1. The lowest BCUT2D eigenvalue weighted by atomic mass is 10.0. The third-order valence-electron chi connectivity index (χ3n) is 4.33. The third-order valence-corrected chi connectivity index (χ3v) is 4.33. The second kappa shape index (κ2) is 4.90. The summed E-state index contributed by atoms with van der Waals surface area (Å²) in [6.45, 7) is 2.03. The van der Waals surface area contributed by atoms with Gasteiger partial charge in [0, 0.05) is 6.20 Å². The van der Waals surface area contributed by atoms with Crippen molar-refractivity contribution in [1.29, 1.82) is 0 Å². The van der Waals surface area contributed by atoms with Gasteiger partial charge in [0.2, 0.25) is 0 Å². The van der Waals surface area contributed by atoms with E-state index in [1.54, 1.807) is 18.3 Å². The Morgan fingerprint density at radius 2 is 2.14 bits per heavy atom. The van der Waals surface area contributed by atoms with Crippen LogP contribution in [0.2, 0.25) is 0 Å². The number of nitrogens with zero attached hydrogens (tertiary/aromatic N) is 2. The van der Waals surface area contributed by atoms with Crippen LogP contribution in [0.25, 0.3) is 5.52 Å². The molecule has 22 heavy (non-hydrogen) atoms. The summed E-state index contributed by atoms with van der Waals surface area (Å²) in [7, 11) is 0. The summed E-state index contributed by atoms with van der Waals surface area (Å²) < 4.78 is 28.6. The summed E-state index contributed by atoms with van der Waals surface area (Å²) in [6.07, 6.45) is 4.29. The molecule has 4 heteroatoms. The summed E-state index contributed by atoms with van der Waals surface area (Å²) in [5, 5.41) is 0. The molecular weight excluding hydrogens is 282 g/mol. The predicted molar refractivity (Wildman–Crippen MR) is 81.4 cm³/mol. The highest BCUT2D eigenvalue weighted by Crippen LogP contribution is 2.42. The lowest BCUT2D eigenvalue weighted by Crippen LogP contribution is -1.99. The highest BCUT2D eigenvalue weighted by Gasteiger charge is 2.41. The van der Waals surface area contributed by atoms with Gasteiger partial charge in [0.05, 0.1) is 17.6 Å². The number of halogens is 2. The van der Waals surface area contributed by atoms with E-state index in [1.807, 2.05) is 23.6 Å². The maximum Gasteiger partial charge on any atom is 0.123 e. The Labute approximate surface area is 127 Å². The van der Waals surface area contributed by atoms with Crippen LogP contribution in [0.15, 0.2) is 42.7 Å². The van der Waals surface area contributed by atoms with E-state index in [-0.39, 0.29) is 11.7 Å². The molecule has 0 bridgehead atoms. The molecule has 112 valence electrons. The Morgan fingerprint density at radius 1 is 1.32 bits per heavy atom. The first-order valence-electron chi connectivity index (χ1n) is 7.47. The zero-order chi connectivity index (χ0) is 15.3. The van der Waals surface area contributed by atoms with Crippen molar-refractivity contribution >= 4 is 5.52 Å². The number of hydrogen-bond donors (Lipinski definition) is 0. The number of rotatable bonds is 3. The molecular formula is C18H16F2N2. The van der Waals surface area contributed by atoms with Crippen LogP contribution in [-0.2, 0) is 6.42 Å². The van der Waals surface area contributed by atoms with E-state index in [2.05, 4.69) is 11.1 Å². The molecule has 0 unspecified atom stereocenters. The fourth-order valence-electron chi connectivity index (χ4n) is 2.97. The normalized spacial score (nSPS) is 20.5. The van der Waals surface area contributed by atoms with Crippen LogP contribution in [0.1, 0.15) is 34.9 Å². The van der Waals surface area contributed by atoms with E-state index < -0.39 is 6.17 Å². The van der Waals surface area contributed by atoms with Crippen molar-refractivity contribution < 1.29 is 8.78 Å². The molecule has 0 amide bonds. The van der Waals surface area contributed by atoms with Crippen LogP contribution < -0.4 is 0 Å². The zero-order valence-corrected chi connectivity index (χ0v) is 12.3. The van der Waals surface area contributed by atoms with Crippen molar-refractivity contribution in [2.24, 2.45) is 0 Å². The number of fused-ring (bicyclic) bond motifs is 1. The lowest BCUT2D eigenvalue weighted by Gasteiger charge is -2.09. The van der Waals surface area contributed by atoms with Gasteiger partial charge in [0.15, 0.2) is 0 Å². The standard InChI is InChI=1S/C18H16F2N2/c1-11-10-22-15(9-21-18(22)16-8-17(16)20)7-13(11)5-12-3-2-4-14(19)6-12/h2-4,6-7,9-10,16-17H,5,8H2,1H3/t16-,17+/m1/s1. The summed E-state index contributed by atoms with van der Waals surface area (Å²) in [5.41, 5.74) is 4.15. The molecule has 0 radical (unpaired) electrons. The molecule has 0 N–H and O–H groups in total. The second-order valence-electron chi connectivity index (χ2n) is 6.06. The minimum absolute atomic E-state index is 0.0593. The number of imidazole rings is 1. The molecule has 1 aliphatic rings. The maximum atomic E-state index is 13.3. The van der Waals surface area contributed by atoms with Gasteiger partial charge in [0.1, 0.15) is 17.8 Å². The smallest absolute Gasteiger partial charge is 0.123 e. The Kier molecular flexibility index (Phi) is 2.99. The minimum Gasteiger partial charge on any atom is -0.303 e. The van der Waals surface area contributed by atoms with Crippen molar-refractivity contribution in [2.45, 2.75) is 31.9 Å². The van der Waals surface area contributed by atoms with Gasteiger partial charge in [-0.3, -0.25) is 0 Å². The van der Waals surface area contributed by atoms with E-state index in [4.69, 9.17) is 0 Å². The molecule has 0 aliphatic heterocycles. The maximum absolute atomic E-state index is 13.3. The fraction of sp³-hybridized carbons (Fsp3) is 0.278. The summed E-state index contributed by atoms with van der Waals surface area (Å²) >= 11 is 0. The van der Waals surface area contributed by atoms with Gasteiger partial charge in [-0.05, 0) is 54.7 Å². The molecule has 1 aromatic carbocycles. The molecule has 2 heterocycles. The van der Waals surface area contributed by atoms with Gasteiger partial charge in [-0.25, -0.2) is 13.8 Å². The number of aryl methyl sites for hydroxylation is 1. The van der Waals surface area contributed by atoms with Crippen molar-refractivity contribution in [1.82, 2.24) is 9.38 Å². The van der Waals surface area contributed by atoms with Crippen LogP contribution >= 0.6 is 0 Å². The number of pyridine rings is 1. The van der Waals surface area contributed by atoms with Gasteiger partial charge in [-0.2, -0.15) is 0 Å². The number of hydrogen-bond acceptors (Lipinski definition) is 1. The molecule has 1 aliphatic carbocycles. The minimum atomic E-state index is -0.752. The monoisotopic (exact) mass is 298 g/mol. The predicted octanol–water partition coefficient (Wildman–Crippen LogP) is 4.20. The summed E-state index contributed by atoms with van der Waals surface area (Å²) in [5.74, 6) is 0.532. The van der Waals surface area contributed by atoms with Crippen LogP contribution in [0, 0.1) is 12.7 Å². The van der Waals surface area contributed by atoms with Gasteiger partial charge < -0.3 is 4.40 Å². The molecule has 0 spiro atoms. The van der Waals surface area contributed by atoms with Crippen molar-refractivity contribution in [3.63, 3.8) is 0 Å². The first kappa shape index (κ1) is 13.4. The van der Waals surface area contributed by atoms with E-state index in [1.165, 1.54) is 6.07 Å². The number of aromatic nitrogens is 2. The third kappa shape index (κ3) is 2.28. The Hall–Kier alpha value is -2.23. The van der Waals surface area contributed by atoms with Crippen molar-refractivity contribution in [3.8, 4) is 0 Å². The van der Waals surface area contributed by atoms with E-state index in [0.717, 1.165) is 28.0 Å². The van der Waals surface area contributed by atoms with Crippen LogP contribution in [0.3, 0.4) is 0 Å². The van der Waals surface area contributed by atoms with Gasteiger partial charge >= 0.3 is 0 Å². The van der Waals surface area contributed by atoms with Crippen LogP contribution in [-0.4, -0.2) is 15.6 Å². The molecule has 0 saturated heterocycles. The average molecular weight is 298 g/mol. The number of alkyl halides is 1.